The number of hydrogen-bond acceptors (Lipinski definition) is 5. The minimum absolute atomic E-state index is 0.242. The molecule has 162 valence electrons. The summed E-state index contributed by atoms with van der Waals surface area (Å²) < 4.78 is 16.0. The van der Waals surface area contributed by atoms with E-state index in [0.29, 0.717) is 43.4 Å². The molecule has 2 aromatic carbocycles. The zero-order valence-corrected chi connectivity index (χ0v) is 18.0. The van der Waals surface area contributed by atoms with Gasteiger partial charge in [0, 0.05) is 23.5 Å². The normalized spacial score (nSPS) is 11.1. The van der Waals surface area contributed by atoms with Gasteiger partial charge >= 0.3 is 6.09 Å². The maximum atomic E-state index is 12.5. The lowest BCUT2D eigenvalue weighted by Crippen LogP contribution is -2.27. The van der Waals surface area contributed by atoms with Gasteiger partial charge in [0.05, 0.1) is 19.8 Å². The first-order chi connectivity index (χ1) is 14.3. The van der Waals surface area contributed by atoms with Crippen molar-refractivity contribution in [2.75, 3.05) is 30.5 Å². The molecule has 0 radical (unpaired) electrons. The minimum atomic E-state index is -0.577. The molecule has 0 aromatic heterocycles. The Bertz CT molecular complexity index is 828. The number of amides is 2. The van der Waals surface area contributed by atoms with E-state index in [0.717, 1.165) is 5.56 Å². The number of carbonyl (C=O) groups is 2. The zero-order chi connectivity index (χ0) is 22.0. The SMILES string of the molecule is CCOCCOCc1cccc(NC(=O)c2ccc(NC(=O)OC(C)(C)C)cc2)c1. The Morgan fingerprint density at radius 2 is 1.60 bits per heavy atom. The Morgan fingerprint density at radius 1 is 0.900 bits per heavy atom. The third-order valence-electron chi connectivity index (χ3n) is 3.82. The fraction of sp³-hybridized carbons (Fsp3) is 0.391. The highest BCUT2D eigenvalue weighted by molar-refractivity contribution is 6.04. The highest BCUT2D eigenvalue weighted by atomic mass is 16.6. The maximum Gasteiger partial charge on any atom is 0.412 e. The van der Waals surface area contributed by atoms with Crippen LogP contribution in [0.4, 0.5) is 16.2 Å². The number of nitrogens with one attached hydrogen (secondary N) is 2. The lowest BCUT2D eigenvalue weighted by atomic mass is 10.1. The van der Waals surface area contributed by atoms with Gasteiger partial charge in [-0.15, -0.1) is 0 Å². The molecule has 2 rings (SSSR count). The van der Waals surface area contributed by atoms with Gasteiger partial charge in [-0.2, -0.15) is 0 Å². The molecule has 0 aliphatic heterocycles. The second-order valence-electron chi connectivity index (χ2n) is 7.61. The quantitative estimate of drug-likeness (QED) is 0.574. The van der Waals surface area contributed by atoms with Crippen molar-refractivity contribution in [1.82, 2.24) is 0 Å². The van der Waals surface area contributed by atoms with Crippen molar-refractivity contribution < 1.29 is 23.8 Å². The van der Waals surface area contributed by atoms with Crippen molar-refractivity contribution in [1.29, 1.82) is 0 Å². The van der Waals surface area contributed by atoms with E-state index in [2.05, 4.69) is 10.6 Å². The van der Waals surface area contributed by atoms with Crippen LogP contribution in [-0.4, -0.2) is 37.4 Å². The molecular formula is C23H30N2O5. The standard InChI is InChI=1S/C23H30N2O5/c1-5-28-13-14-29-16-17-7-6-8-20(15-17)24-21(26)18-9-11-19(12-10-18)25-22(27)30-23(2,3)4/h6-12,15H,5,13-14,16H2,1-4H3,(H,24,26)(H,25,27). The van der Waals surface area contributed by atoms with Gasteiger partial charge in [0.25, 0.3) is 5.91 Å². The summed E-state index contributed by atoms with van der Waals surface area (Å²) >= 11 is 0. The summed E-state index contributed by atoms with van der Waals surface area (Å²) in [6.07, 6.45) is -0.542. The van der Waals surface area contributed by atoms with Crippen LogP contribution in [0.5, 0.6) is 0 Å². The Balaban J connectivity index is 1.88. The van der Waals surface area contributed by atoms with Gasteiger partial charge in [0.1, 0.15) is 5.60 Å². The molecule has 0 saturated heterocycles. The lowest BCUT2D eigenvalue weighted by Gasteiger charge is -2.19. The van der Waals surface area contributed by atoms with Gasteiger partial charge in [0.2, 0.25) is 0 Å². The molecule has 2 amide bonds. The van der Waals surface area contributed by atoms with Gasteiger partial charge in [0.15, 0.2) is 0 Å². The van der Waals surface area contributed by atoms with Crippen molar-refractivity contribution in [2.45, 2.75) is 39.9 Å². The average molecular weight is 415 g/mol. The largest absolute Gasteiger partial charge is 0.444 e. The lowest BCUT2D eigenvalue weighted by molar-refractivity contribution is 0.0453. The summed E-state index contributed by atoms with van der Waals surface area (Å²) in [7, 11) is 0. The van der Waals surface area contributed by atoms with E-state index in [-0.39, 0.29) is 5.91 Å². The van der Waals surface area contributed by atoms with Crippen molar-refractivity contribution in [3.63, 3.8) is 0 Å². The average Bonchev–Trinajstić information content (AvgIpc) is 2.67. The van der Waals surface area contributed by atoms with Gasteiger partial charge < -0.3 is 19.5 Å². The van der Waals surface area contributed by atoms with E-state index < -0.39 is 11.7 Å². The van der Waals surface area contributed by atoms with Gasteiger partial charge in [-0.05, 0) is 69.7 Å². The van der Waals surface area contributed by atoms with Gasteiger partial charge in [-0.3, -0.25) is 10.1 Å². The molecule has 7 nitrogen and oxygen atoms in total. The summed E-state index contributed by atoms with van der Waals surface area (Å²) in [6, 6.07) is 14.1. The highest BCUT2D eigenvalue weighted by Crippen LogP contribution is 2.16. The second kappa shape index (κ2) is 11.3. The van der Waals surface area contributed by atoms with Gasteiger partial charge in [-0.25, -0.2) is 4.79 Å². The fourth-order valence-corrected chi connectivity index (χ4v) is 2.52. The highest BCUT2D eigenvalue weighted by Gasteiger charge is 2.16. The molecule has 0 bridgehead atoms. The topological polar surface area (TPSA) is 85.9 Å². The first-order valence-corrected chi connectivity index (χ1v) is 9.92. The Labute approximate surface area is 177 Å². The van der Waals surface area contributed by atoms with Crippen LogP contribution in [0, 0.1) is 0 Å². The summed E-state index contributed by atoms with van der Waals surface area (Å²) in [5.74, 6) is -0.242. The third kappa shape index (κ3) is 8.63. The maximum absolute atomic E-state index is 12.5. The van der Waals surface area contributed by atoms with Crippen molar-refractivity contribution in [3.05, 3.63) is 59.7 Å². The van der Waals surface area contributed by atoms with Crippen molar-refractivity contribution in [2.24, 2.45) is 0 Å². The molecule has 0 aliphatic rings. The summed E-state index contributed by atoms with van der Waals surface area (Å²) in [5.41, 5.74) is 2.09. The summed E-state index contributed by atoms with van der Waals surface area (Å²) in [5, 5.41) is 5.51. The number of hydrogen-bond donors (Lipinski definition) is 2. The first-order valence-electron chi connectivity index (χ1n) is 9.92. The molecular weight excluding hydrogens is 384 g/mol. The van der Waals surface area contributed by atoms with Crippen LogP contribution >= 0.6 is 0 Å². The van der Waals surface area contributed by atoms with Crippen LogP contribution in [-0.2, 0) is 20.8 Å². The van der Waals surface area contributed by atoms with Crippen molar-refractivity contribution in [3.8, 4) is 0 Å². The summed E-state index contributed by atoms with van der Waals surface area (Å²) in [4.78, 5) is 24.3. The molecule has 0 atom stereocenters. The minimum Gasteiger partial charge on any atom is -0.444 e. The molecule has 7 heteroatoms. The van der Waals surface area contributed by atoms with Crippen LogP contribution in [0.2, 0.25) is 0 Å². The van der Waals surface area contributed by atoms with E-state index in [1.54, 1.807) is 45.0 Å². The van der Waals surface area contributed by atoms with Crippen LogP contribution in [0.15, 0.2) is 48.5 Å². The Morgan fingerprint density at radius 3 is 2.27 bits per heavy atom. The fourth-order valence-electron chi connectivity index (χ4n) is 2.52. The van der Waals surface area contributed by atoms with E-state index in [1.807, 2.05) is 31.2 Å². The third-order valence-corrected chi connectivity index (χ3v) is 3.82. The smallest absolute Gasteiger partial charge is 0.412 e. The molecule has 0 fully saturated rings. The number of ether oxygens (including phenoxy) is 3. The predicted octanol–water partition coefficient (Wildman–Crippen LogP) is 4.84. The Hall–Kier alpha value is -2.90. The molecule has 2 N–H and O–H groups in total. The van der Waals surface area contributed by atoms with Crippen LogP contribution in [0.25, 0.3) is 0 Å². The predicted molar refractivity (Wildman–Crippen MR) is 117 cm³/mol. The van der Waals surface area contributed by atoms with Crippen LogP contribution < -0.4 is 10.6 Å². The number of carbonyl (C=O) groups excluding carboxylic acids is 2. The Kier molecular flexibility index (Phi) is 8.83. The number of benzene rings is 2. The molecule has 0 aliphatic carbocycles. The van der Waals surface area contributed by atoms with E-state index in [4.69, 9.17) is 14.2 Å². The zero-order valence-electron chi connectivity index (χ0n) is 18.0. The molecule has 0 unspecified atom stereocenters. The van der Waals surface area contributed by atoms with Crippen LogP contribution in [0.1, 0.15) is 43.6 Å². The molecule has 0 heterocycles. The van der Waals surface area contributed by atoms with E-state index >= 15 is 0 Å². The monoisotopic (exact) mass is 414 g/mol. The second-order valence-corrected chi connectivity index (χ2v) is 7.61. The summed E-state index contributed by atoms with van der Waals surface area (Å²) in [6.45, 7) is 9.52. The molecule has 30 heavy (non-hydrogen) atoms. The van der Waals surface area contributed by atoms with Gasteiger partial charge in [-0.1, -0.05) is 12.1 Å². The van der Waals surface area contributed by atoms with E-state index in [9.17, 15) is 9.59 Å². The molecule has 0 spiro atoms. The molecule has 0 saturated carbocycles. The molecule has 2 aromatic rings. The number of anilines is 2. The number of rotatable bonds is 9. The van der Waals surface area contributed by atoms with E-state index in [1.165, 1.54) is 0 Å². The first kappa shape index (κ1) is 23.4. The van der Waals surface area contributed by atoms with Crippen molar-refractivity contribution >= 4 is 23.4 Å². The van der Waals surface area contributed by atoms with Crippen LogP contribution in [0.3, 0.4) is 0 Å².